The van der Waals surface area contributed by atoms with Gasteiger partial charge in [-0.15, -0.1) is 0 Å². The van der Waals surface area contributed by atoms with Gasteiger partial charge in [-0.1, -0.05) is 34.1 Å². The van der Waals surface area contributed by atoms with Gasteiger partial charge in [0.25, 0.3) is 0 Å². The van der Waals surface area contributed by atoms with Crippen LogP contribution in [-0.4, -0.2) is 6.43 Å². The average Bonchev–Trinajstić information content (AvgIpc) is 2.01. The van der Waals surface area contributed by atoms with Gasteiger partial charge in [0.2, 0.25) is 6.43 Å². The molecule has 0 aromatic heterocycles. The maximum absolute atomic E-state index is 12.5. The van der Waals surface area contributed by atoms with Crippen molar-refractivity contribution in [3.8, 4) is 0 Å². The third-order valence-corrected chi connectivity index (χ3v) is 3.00. The molecule has 0 saturated heterocycles. The summed E-state index contributed by atoms with van der Waals surface area (Å²) in [4.78, 5) is 0. The van der Waals surface area contributed by atoms with Crippen molar-refractivity contribution >= 4 is 0 Å². The zero-order valence-corrected chi connectivity index (χ0v) is 7.82. The molecule has 0 aliphatic carbocycles. The highest BCUT2D eigenvalue weighted by atomic mass is 19.3. The van der Waals surface area contributed by atoms with Crippen LogP contribution in [-0.2, 0) is 0 Å². The predicted octanol–water partition coefficient (Wildman–Crippen LogP) is 3.71. The average molecular weight is 164 g/mol. The lowest BCUT2D eigenvalue weighted by Crippen LogP contribution is -2.32. The Morgan fingerprint density at radius 2 is 1.73 bits per heavy atom. The van der Waals surface area contributed by atoms with Crippen molar-refractivity contribution in [3.05, 3.63) is 0 Å². The highest BCUT2D eigenvalue weighted by molar-refractivity contribution is 4.80. The molecule has 68 valence electrons. The van der Waals surface area contributed by atoms with Crippen LogP contribution in [0.15, 0.2) is 0 Å². The van der Waals surface area contributed by atoms with E-state index in [1.54, 1.807) is 6.92 Å². The Balaban J connectivity index is 4.32. The molecule has 2 unspecified atom stereocenters. The Morgan fingerprint density at radius 1 is 1.27 bits per heavy atom. The Hall–Kier alpha value is -0.140. The molecule has 0 saturated carbocycles. The summed E-state index contributed by atoms with van der Waals surface area (Å²) >= 11 is 0. The number of hydrogen-bond donors (Lipinski definition) is 0. The Morgan fingerprint density at radius 3 is 1.82 bits per heavy atom. The molecule has 0 amide bonds. The maximum atomic E-state index is 12.5. The number of halogens is 2. The summed E-state index contributed by atoms with van der Waals surface area (Å²) in [5.74, 6) is 0.104. The minimum absolute atomic E-state index is 0.104. The van der Waals surface area contributed by atoms with Gasteiger partial charge in [0.1, 0.15) is 0 Å². The van der Waals surface area contributed by atoms with Gasteiger partial charge in [-0.05, 0) is 12.3 Å². The van der Waals surface area contributed by atoms with Gasteiger partial charge in [-0.2, -0.15) is 0 Å². The molecule has 0 radical (unpaired) electrons. The summed E-state index contributed by atoms with van der Waals surface area (Å²) in [6, 6.07) is 0. The van der Waals surface area contributed by atoms with Crippen molar-refractivity contribution in [2.45, 2.75) is 47.0 Å². The molecule has 11 heavy (non-hydrogen) atoms. The van der Waals surface area contributed by atoms with Crippen LogP contribution in [0.25, 0.3) is 0 Å². The molecule has 0 aromatic carbocycles. The SMILES string of the molecule is CCC(C)C(C)(CC)C(F)F. The molecule has 0 heterocycles. The largest absolute Gasteiger partial charge is 0.244 e. The van der Waals surface area contributed by atoms with Crippen molar-refractivity contribution < 1.29 is 8.78 Å². The quantitative estimate of drug-likeness (QED) is 0.594. The molecule has 0 spiro atoms. The molecule has 0 N–H and O–H groups in total. The summed E-state index contributed by atoms with van der Waals surface area (Å²) in [5, 5.41) is 0. The van der Waals surface area contributed by atoms with E-state index in [-0.39, 0.29) is 5.92 Å². The van der Waals surface area contributed by atoms with Gasteiger partial charge in [0.05, 0.1) is 0 Å². The lowest BCUT2D eigenvalue weighted by Gasteiger charge is -2.33. The fourth-order valence-corrected chi connectivity index (χ4v) is 1.18. The lowest BCUT2D eigenvalue weighted by atomic mass is 9.75. The molecule has 0 rings (SSSR count). The summed E-state index contributed by atoms with van der Waals surface area (Å²) in [7, 11) is 0. The van der Waals surface area contributed by atoms with Crippen molar-refractivity contribution in [2.24, 2.45) is 11.3 Å². The van der Waals surface area contributed by atoms with Gasteiger partial charge in [0.15, 0.2) is 0 Å². The van der Waals surface area contributed by atoms with Gasteiger partial charge in [-0.3, -0.25) is 0 Å². The fourth-order valence-electron chi connectivity index (χ4n) is 1.18. The summed E-state index contributed by atoms with van der Waals surface area (Å²) < 4.78 is 25.0. The van der Waals surface area contributed by atoms with Crippen LogP contribution in [0.3, 0.4) is 0 Å². The zero-order chi connectivity index (χ0) is 9.07. The minimum Gasteiger partial charge on any atom is -0.210 e. The van der Waals surface area contributed by atoms with Gasteiger partial charge in [0, 0.05) is 5.41 Å². The molecule has 0 aliphatic rings. The van der Waals surface area contributed by atoms with E-state index in [4.69, 9.17) is 0 Å². The summed E-state index contributed by atoms with van der Waals surface area (Å²) in [5.41, 5.74) is -0.783. The number of alkyl halides is 2. The molecule has 2 heteroatoms. The van der Waals surface area contributed by atoms with Gasteiger partial charge >= 0.3 is 0 Å². The molecule has 2 atom stereocenters. The first kappa shape index (κ1) is 10.9. The first-order chi connectivity index (χ1) is 4.99. The van der Waals surface area contributed by atoms with E-state index in [1.807, 2.05) is 20.8 Å². The third-order valence-electron chi connectivity index (χ3n) is 3.00. The molecule has 0 fully saturated rings. The standard InChI is InChI=1S/C9H18F2/c1-5-7(3)9(4,6-2)8(10)11/h7-8H,5-6H2,1-4H3. The maximum Gasteiger partial charge on any atom is 0.244 e. The molecule has 0 aromatic rings. The van der Waals surface area contributed by atoms with Gasteiger partial charge < -0.3 is 0 Å². The van der Waals surface area contributed by atoms with E-state index in [1.165, 1.54) is 0 Å². The molecule has 0 bridgehead atoms. The Kier molecular flexibility index (Phi) is 3.98. The van der Waals surface area contributed by atoms with E-state index < -0.39 is 11.8 Å². The third kappa shape index (κ3) is 2.14. The van der Waals surface area contributed by atoms with Crippen molar-refractivity contribution in [1.82, 2.24) is 0 Å². The van der Waals surface area contributed by atoms with Crippen LogP contribution in [0, 0.1) is 11.3 Å². The van der Waals surface area contributed by atoms with E-state index in [0.29, 0.717) is 6.42 Å². The fraction of sp³-hybridized carbons (Fsp3) is 1.00. The molecular weight excluding hydrogens is 146 g/mol. The first-order valence-electron chi connectivity index (χ1n) is 4.27. The van der Waals surface area contributed by atoms with Crippen molar-refractivity contribution in [1.29, 1.82) is 0 Å². The highest BCUT2D eigenvalue weighted by Gasteiger charge is 2.37. The summed E-state index contributed by atoms with van der Waals surface area (Å²) in [6.07, 6.45) is -0.809. The number of rotatable bonds is 4. The second-order valence-electron chi connectivity index (χ2n) is 3.47. The van der Waals surface area contributed by atoms with Crippen molar-refractivity contribution in [3.63, 3.8) is 0 Å². The smallest absolute Gasteiger partial charge is 0.210 e. The molecule has 0 aliphatic heterocycles. The van der Waals surface area contributed by atoms with Crippen LogP contribution >= 0.6 is 0 Å². The van der Waals surface area contributed by atoms with Crippen LogP contribution in [0.4, 0.5) is 8.78 Å². The predicted molar refractivity (Wildman–Crippen MR) is 43.9 cm³/mol. The van der Waals surface area contributed by atoms with Crippen LogP contribution in [0.1, 0.15) is 40.5 Å². The second kappa shape index (κ2) is 4.03. The van der Waals surface area contributed by atoms with Crippen LogP contribution in [0.5, 0.6) is 0 Å². The van der Waals surface area contributed by atoms with Crippen molar-refractivity contribution in [2.75, 3.05) is 0 Å². The van der Waals surface area contributed by atoms with Crippen LogP contribution in [0.2, 0.25) is 0 Å². The van der Waals surface area contributed by atoms with E-state index in [0.717, 1.165) is 6.42 Å². The minimum atomic E-state index is -2.19. The highest BCUT2D eigenvalue weighted by Crippen LogP contribution is 2.38. The lowest BCUT2D eigenvalue weighted by molar-refractivity contribution is -0.0334. The van der Waals surface area contributed by atoms with Gasteiger partial charge in [-0.25, -0.2) is 8.78 Å². The Labute approximate surface area is 68.0 Å². The van der Waals surface area contributed by atoms with Crippen LogP contribution < -0.4 is 0 Å². The topological polar surface area (TPSA) is 0 Å². The van der Waals surface area contributed by atoms with E-state index in [2.05, 4.69) is 0 Å². The monoisotopic (exact) mass is 164 g/mol. The van der Waals surface area contributed by atoms with E-state index >= 15 is 0 Å². The normalized spacial score (nSPS) is 19.9. The molecule has 0 nitrogen and oxygen atoms in total. The van der Waals surface area contributed by atoms with E-state index in [9.17, 15) is 8.78 Å². The second-order valence-corrected chi connectivity index (χ2v) is 3.47. The Bertz CT molecular complexity index is 112. The zero-order valence-electron chi connectivity index (χ0n) is 7.82. The summed E-state index contributed by atoms with van der Waals surface area (Å²) in [6.45, 7) is 7.36. The first-order valence-corrected chi connectivity index (χ1v) is 4.27. The number of hydrogen-bond acceptors (Lipinski definition) is 0. The molecular formula is C9H18F2.